The number of hydrogen-bond donors (Lipinski definition) is 2. The van der Waals surface area contributed by atoms with E-state index in [0.29, 0.717) is 17.1 Å². The van der Waals surface area contributed by atoms with Crippen LogP contribution in [0.5, 0.6) is 0 Å². The minimum absolute atomic E-state index is 0.0533. The van der Waals surface area contributed by atoms with Gasteiger partial charge in [0.05, 0.1) is 0 Å². The number of amides is 1. The van der Waals surface area contributed by atoms with Crippen LogP contribution in [0.15, 0.2) is 29.2 Å². The summed E-state index contributed by atoms with van der Waals surface area (Å²) in [6.45, 7) is 1.89. The molecule has 1 aromatic rings. The van der Waals surface area contributed by atoms with Gasteiger partial charge in [0.15, 0.2) is 0 Å². The molecule has 5 heteroatoms. The first-order valence-corrected chi connectivity index (χ1v) is 7.61. The molecule has 1 amide bonds. The largest absolute Gasteiger partial charge is 0.352 e. The van der Waals surface area contributed by atoms with Gasteiger partial charge in [0.2, 0.25) is 5.91 Å². The summed E-state index contributed by atoms with van der Waals surface area (Å²) >= 11 is 1.39. The zero-order chi connectivity index (χ0) is 13.5. The number of carbonyl (C=O) groups is 1. The number of piperidine rings is 1. The van der Waals surface area contributed by atoms with Crippen LogP contribution in [0.2, 0.25) is 0 Å². The number of nitrogens with one attached hydrogen (secondary N) is 2. The quantitative estimate of drug-likeness (QED) is 0.813. The smallest absolute Gasteiger partial charge is 0.221 e. The van der Waals surface area contributed by atoms with Gasteiger partial charge in [0, 0.05) is 29.7 Å². The van der Waals surface area contributed by atoms with Crippen LogP contribution < -0.4 is 10.6 Å². The lowest BCUT2D eigenvalue weighted by atomic mass is 10.1. The molecule has 2 rings (SSSR count). The lowest BCUT2D eigenvalue weighted by molar-refractivity contribution is -0.121. The summed E-state index contributed by atoms with van der Waals surface area (Å²) in [5.74, 6) is 0.439. The van der Waals surface area contributed by atoms with E-state index in [2.05, 4.69) is 10.6 Å². The summed E-state index contributed by atoms with van der Waals surface area (Å²) in [6, 6.07) is 6.90. The van der Waals surface area contributed by atoms with Crippen molar-refractivity contribution in [3.05, 3.63) is 30.1 Å². The third kappa shape index (κ3) is 4.84. The lowest BCUT2D eigenvalue weighted by Gasteiger charge is -2.23. The van der Waals surface area contributed by atoms with E-state index in [9.17, 15) is 9.18 Å². The summed E-state index contributed by atoms with van der Waals surface area (Å²) in [5.41, 5.74) is 0. The Balaban J connectivity index is 1.67. The fourth-order valence-corrected chi connectivity index (χ4v) is 2.98. The SMILES string of the molecule is O=C(CCSc1ccccc1F)NC1CCCNC1. The average Bonchev–Trinajstić information content (AvgIpc) is 2.42. The molecule has 0 radical (unpaired) electrons. The van der Waals surface area contributed by atoms with Gasteiger partial charge < -0.3 is 10.6 Å². The van der Waals surface area contributed by atoms with Crippen LogP contribution in [0.1, 0.15) is 19.3 Å². The van der Waals surface area contributed by atoms with Crippen molar-refractivity contribution in [1.82, 2.24) is 10.6 Å². The topological polar surface area (TPSA) is 41.1 Å². The maximum atomic E-state index is 13.4. The van der Waals surface area contributed by atoms with Gasteiger partial charge >= 0.3 is 0 Å². The standard InChI is InChI=1S/C14H19FN2OS/c15-12-5-1-2-6-13(12)19-9-7-14(18)17-11-4-3-8-16-10-11/h1-2,5-6,11,16H,3-4,7-10H2,(H,17,18). The Morgan fingerprint density at radius 3 is 3.05 bits per heavy atom. The molecule has 1 fully saturated rings. The van der Waals surface area contributed by atoms with Crippen LogP contribution in [0.3, 0.4) is 0 Å². The highest BCUT2D eigenvalue weighted by Gasteiger charge is 2.15. The summed E-state index contributed by atoms with van der Waals surface area (Å²) < 4.78 is 13.4. The number of hydrogen-bond acceptors (Lipinski definition) is 3. The normalized spacial score (nSPS) is 19.1. The molecule has 1 aliphatic rings. The minimum atomic E-state index is -0.218. The molecule has 1 unspecified atom stereocenters. The molecule has 19 heavy (non-hydrogen) atoms. The molecule has 1 atom stereocenters. The molecule has 2 N–H and O–H groups in total. The fraction of sp³-hybridized carbons (Fsp3) is 0.500. The van der Waals surface area contributed by atoms with Gasteiger partial charge in [-0.25, -0.2) is 4.39 Å². The van der Waals surface area contributed by atoms with Crippen molar-refractivity contribution < 1.29 is 9.18 Å². The Kier molecular flexibility index (Phi) is 5.66. The van der Waals surface area contributed by atoms with Crippen LogP contribution >= 0.6 is 11.8 Å². The number of thioether (sulfide) groups is 1. The first kappa shape index (κ1) is 14.3. The van der Waals surface area contributed by atoms with Gasteiger partial charge in [-0.1, -0.05) is 12.1 Å². The van der Waals surface area contributed by atoms with E-state index >= 15 is 0 Å². The molecule has 1 heterocycles. The van der Waals surface area contributed by atoms with Gasteiger partial charge in [0.25, 0.3) is 0 Å². The molecule has 3 nitrogen and oxygen atoms in total. The Morgan fingerprint density at radius 1 is 1.47 bits per heavy atom. The Labute approximate surface area is 117 Å². The van der Waals surface area contributed by atoms with Crippen molar-refractivity contribution in [3.8, 4) is 0 Å². The van der Waals surface area contributed by atoms with Gasteiger partial charge in [-0.15, -0.1) is 11.8 Å². The maximum absolute atomic E-state index is 13.4. The van der Waals surface area contributed by atoms with E-state index in [1.54, 1.807) is 18.2 Å². The summed E-state index contributed by atoms with van der Waals surface area (Å²) in [4.78, 5) is 12.3. The zero-order valence-corrected chi connectivity index (χ0v) is 11.6. The van der Waals surface area contributed by atoms with Gasteiger partial charge in [-0.05, 0) is 31.5 Å². The lowest BCUT2D eigenvalue weighted by Crippen LogP contribution is -2.45. The second-order valence-electron chi connectivity index (χ2n) is 4.64. The first-order valence-electron chi connectivity index (χ1n) is 6.63. The summed E-state index contributed by atoms with van der Waals surface area (Å²) in [7, 11) is 0. The Hall–Kier alpha value is -1.07. The minimum Gasteiger partial charge on any atom is -0.352 e. The monoisotopic (exact) mass is 282 g/mol. The molecule has 0 aromatic heterocycles. The first-order chi connectivity index (χ1) is 9.25. The van der Waals surface area contributed by atoms with Crippen LogP contribution in [-0.2, 0) is 4.79 Å². The fourth-order valence-electron chi connectivity index (χ4n) is 2.09. The Bertz CT molecular complexity index is 422. The van der Waals surface area contributed by atoms with Crippen molar-refractivity contribution in [2.45, 2.75) is 30.2 Å². The van der Waals surface area contributed by atoms with Crippen LogP contribution in [0.4, 0.5) is 4.39 Å². The van der Waals surface area contributed by atoms with Crippen LogP contribution in [0.25, 0.3) is 0 Å². The molecule has 1 saturated heterocycles. The van der Waals surface area contributed by atoms with E-state index in [4.69, 9.17) is 0 Å². The van der Waals surface area contributed by atoms with Gasteiger partial charge in [0.1, 0.15) is 5.82 Å². The highest BCUT2D eigenvalue weighted by atomic mass is 32.2. The number of rotatable bonds is 5. The summed E-state index contributed by atoms with van der Waals surface area (Å²) in [5, 5.41) is 6.27. The van der Waals surface area contributed by atoms with Crippen LogP contribution in [-0.4, -0.2) is 30.8 Å². The molecule has 1 aromatic carbocycles. The molecule has 0 saturated carbocycles. The van der Waals surface area contributed by atoms with E-state index in [-0.39, 0.29) is 17.8 Å². The Morgan fingerprint density at radius 2 is 2.32 bits per heavy atom. The van der Waals surface area contributed by atoms with E-state index in [1.165, 1.54) is 17.8 Å². The second-order valence-corrected chi connectivity index (χ2v) is 5.78. The number of halogens is 1. The summed E-state index contributed by atoms with van der Waals surface area (Å²) in [6.07, 6.45) is 2.57. The van der Waals surface area contributed by atoms with E-state index < -0.39 is 0 Å². The van der Waals surface area contributed by atoms with E-state index in [1.807, 2.05) is 0 Å². The molecule has 104 valence electrons. The number of carbonyl (C=O) groups excluding carboxylic acids is 1. The molecular weight excluding hydrogens is 263 g/mol. The number of benzene rings is 1. The van der Waals surface area contributed by atoms with Gasteiger partial charge in [-0.2, -0.15) is 0 Å². The maximum Gasteiger partial charge on any atom is 0.221 e. The van der Waals surface area contributed by atoms with Gasteiger partial charge in [-0.3, -0.25) is 4.79 Å². The van der Waals surface area contributed by atoms with Crippen molar-refractivity contribution in [3.63, 3.8) is 0 Å². The zero-order valence-electron chi connectivity index (χ0n) is 10.8. The molecular formula is C14H19FN2OS. The third-order valence-electron chi connectivity index (χ3n) is 3.09. The second kappa shape index (κ2) is 7.50. The molecule has 1 aliphatic heterocycles. The van der Waals surface area contributed by atoms with Crippen molar-refractivity contribution in [2.24, 2.45) is 0 Å². The predicted octanol–water partition coefficient (Wildman–Crippen LogP) is 2.18. The highest BCUT2D eigenvalue weighted by Crippen LogP contribution is 2.21. The average molecular weight is 282 g/mol. The van der Waals surface area contributed by atoms with Crippen molar-refractivity contribution >= 4 is 17.7 Å². The molecule has 0 spiro atoms. The predicted molar refractivity (Wildman–Crippen MR) is 75.8 cm³/mol. The van der Waals surface area contributed by atoms with Crippen molar-refractivity contribution in [1.29, 1.82) is 0 Å². The highest BCUT2D eigenvalue weighted by molar-refractivity contribution is 7.99. The van der Waals surface area contributed by atoms with Crippen molar-refractivity contribution in [2.75, 3.05) is 18.8 Å². The third-order valence-corrected chi connectivity index (χ3v) is 4.14. The molecule has 0 bridgehead atoms. The van der Waals surface area contributed by atoms with E-state index in [0.717, 1.165) is 25.9 Å². The van der Waals surface area contributed by atoms with Crippen LogP contribution in [0, 0.1) is 5.82 Å². The molecule has 0 aliphatic carbocycles.